The van der Waals surface area contributed by atoms with Crippen molar-refractivity contribution in [2.45, 2.75) is 62.1 Å². The second-order valence-electron chi connectivity index (χ2n) is 14.4. The van der Waals surface area contributed by atoms with Crippen molar-refractivity contribution in [3.05, 3.63) is 154 Å². The molecule has 58 heavy (non-hydrogen) atoms. The van der Waals surface area contributed by atoms with Crippen LogP contribution in [0.3, 0.4) is 0 Å². The number of methoxy groups -OCH3 is 3. The zero-order valence-corrected chi connectivity index (χ0v) is 33.7. The van der Waals surface area contributed by atoms with Gasteiger partial charge in [0.25, 0.3) is 8.53 Å². The molecule has 302 valence electrons. The Morgan fingerprint density at radius 3 is 2.05 bits per heavy atom. The van der Waals surface area contributed by atoms with Gasteiger partial charge in [-0.1, -0.05) is 84.9 Å². The van der Waals surface area contributed by atoms with Crippen LogP contribution in [0.15, 0.2) is 126 Å². The van der Waals surface area contributed by atoms with E-state index in [0.717, 1.165) is 41.6 Å². The number of rotatable bonds is 14. The van der Waals surface area contributed by atoms with Crippen LogP contribution in [0.25, 0.3) is 0 Å². The summed E-state index contributed by atoms with van der Waals surface area (Å²) in [5, 5.41) is 2.58. The molecule has 5 aromatic rings. The van der Waals surface area contributed by atoms with E-state index in [4.69, 9.17) is 32.7 Å². The average Bonchev–Trinajstić information content (AvgIpc) is 3.97. The molecule has 1 amide bonds. The molecule has 6 unspecified atom stereocenters. The molecule has 0 spiro atoms. The van der Waals surface area contributed by atoms with Gasteiger partial charge in [-0.05, 0) is 65.4 Å². The molecule has 1 aromatic heterocycles. The number of amides is 1. The number of carbonyl (C=O) groups excluding carboxylic acids is 1. The van der Waals surface area contributed by atoms with Gasteiger partial charge in [-0.2, -0.15) is 4.98 Å². The van der Waals surface area contributed by atoms with Gasteiger partial charge in [0.05, 0.1) is 20.8 Å². The lowest BCUT2D eigenvalue weighted by atomic mass is 9.80. The summed E-state index contributed by atoms with van der Waals surface area (Å²) in [5.41, 5.74) is 1.90. The lowest BCUT2D eigenvalue weighted by Gasteiger charge is -2.37. The van der Waals surface area contributed by atoms with Gasteiger partial charge in [0.1, 0.15) is 47.3 Å². The van der Waals surface area contributed by atoms with Crippen molar-refractivity contribution in [2.24, 2.45) is 0 Å². The Hall–Kier alpha value is -4.98. The molecule has 0 radical (unpaired) electrons. The Balaban J connectivity index is 1.19. The van der Waals surface area contributed by atoms with Crippen LogP contribution in [-0.2, 0) is 33.7 Å². The highest BCUT2D eigenvalue weighted by atomic mass is 31.2. The van der Waals surface area contributed by atoms with E-state index in [1.54, 1.807) is 33.6 Å². The number of fused-ring (bicyclic) bond motifs is 1. The molecule has 0 bridgehead atoms. The number of hydrogen-bond acceptors (Lipinski definition) is 11. The van der Waals surface area contributed by atoms with Crippen molar-refractivity contribution in [3.8, 4) is 11.5 Å². The van der Waals surface area contributed by atoms with E-state index in [9.17, 15) is 9.59 Å². The highest BCUT2D eigenvalue weighted by Gasteiger charge is 2.54. The molecule has 0 aliphatic carbocycles. The Bertz CT molecular complexity index is 2160. The summed E-state index contributed by atoms with van der Waals surface area (Å²) < 4.78 is 49.0. The van der Waals surface area contributed by atoms with E-state index in [1.165, 1.54) is 11.5 Å². The zero-order valence-electron chi connectivity index (χ0n) is 32.8. The van der Waals surface area contributed by atoms with E-state index in [0.29, 0.717) is 11.5 Å². The molecular formula is C44H47N4O9P. The highest BCUT2D eigenvalue weighted by Crippen LogP contribution is 2.62. The van der Waals surface area contributed by atoms with E-state index in [2.05, 4.69) is 27.1 Å². The summed E-state index contributed by atoms with van der Waals surface area (Å²) in [7, 11) is 3.27. The Labute approximate surface area is 338 Å². The van der Waals surface area contributed by atoms with Gasteiger partial charge in [-0.25, -0.2) is 9.46 Å². The van der Waals surface area contributed by atoms with E-state index in [-0.39, 0.29) is 30.5 Å². The van der Waals surface area contributed by atoms with Gasteiger partial charge < -0.3 is 38.0 Å². The normalized spacial score (nSPS) is 24.4. The SMILES string of the molecule is COc1ccc(C(OCC2OC(n3ccc(NC(C)=O)nc3=O)C(OC)C2O[P@]2OC(c3ccccc3)C3CCCN32)(c2ccccc2)c2ccc(OC)cc2)cc1. The Kier molecular flexibility index (Phi) is 12.0. The van der Waals surface area contributed by atoms with Crippen molar-refractivity contribution in [1.29, 1.82) is 0 Å². The predicted octanol–water partition coefficient (Wildman–Crippen LogP) is 6.99. The maximum absolute atomic E-state index is 13.6. The van der Waals surface area contributed by atoms with Gasteiger partial charge >= 0.3 is 5.69 Å². The number of ether oxygens (including phenoxy) is 5. The fraction of sp³-hybridized carbons (Fsp3) is 0.341. The molecule has 14 heteroatoms. The third kappa shape index (κ3) is 7.79. The lowest BCUT2D eigenvalue weighted by molar-refractivity contribution is -0.114. The molecule has 3 saturated heterocycles. The largest absolute Gasteiger partial charge is 0.497 e. The molecule has 8 rings (SSSR count). The van der Waals surface area contributed by atoms with Crippen molar-refractivity contribution in [1.82, 2.24) is 14.2 Å². The van der Waals surface area contributed by atoms with Crippen molar-refractivity contribution >= 4 is 20.3 Å². The van der Waals surface area contributed by atoms with Gasteiger partial charge in [0.2, 0.25) is 5.91 Å². The standard InChI is InChI=1S/C44H47N4O9P/c1-29(49)45-38-25-27-47(43(50)46-38)42-41(53-4)40(57-58-48-26-11-16-36(48)39(56-58)30-12-7-5-8-13-30)37(55-42)28-54-44(31-14-9-6-10-15-31,32-17-21-34(51-2)22-18-32)33-19-23-35(52-3)24-20-33/h5-10,12-15,17-25,27,36-37,39-42H,11,16,26,28H2,1-4H3,(H,45,46,49,50)/t36?,37?,39?,40?,41?,42?,58-/m0/s1. The number of benzene rings is 4. The van der Waals surface area contributed by atoms with Crippen molar-refractivity contribution in [3.63, 3.8) is 0 Å². The quantitative estimate of drug-likeness (QED) is 0.0921. The van der Waals surface area contributed by atoms with Crippen LogP contribution < -0.4 is 20.5 Å². The van der Waals surface area contributed by atoms with Gasteiger partial charge in [-0.15, -0.1) is 0 Å². The van der Waals surface area contributed by atoms with Gasteiger partial charge in [0, 0.05) is 32.8 Å². The summed E-state index contributed by atoms with van der Waals surface area (Å²) in [4.78, 5) is 29.5. The first-order chi connectivity index (χ1) is 28.3. The van der Waals surface area contributed by atoms with E-state index in [1.807, 2.05) is 97.1 Å². The molecule has 4 aromatic carbocycles. The predicted molar refractivity (Wildman–Crippen MR) is 218 cm³/mol. The Morgan fingerprint density at radius 2 is 1.47 bits per heavy atom. The average molecular weight is 807 g/mol. The van der Waals surface area contributed by atoms with Gasteiger partial charge in [0.15, 0.2) is 6.23 Å². The number of aromatic nitrogens is 2. The number of hydrogen-bond donors (Lipinski definition) is 1. The van der Waals surface area contributed by atoms with Gasteiger partial charge in [-0.3, -0.25) is 9.36 Å². The van der Waals surface area contributed by atoms with Crippen molar-refractivity contribution in [2.75, 3.05) is 39.8 Å². The monoisotopic (exact) mass is 806 g/mol. The van der Waals surface area contributed by atoms with Crippen LogP contribution in [0, 0.1) is 0 Å². The van der Waals surface area contributed by atoms with E-state index >= 15 is 0 Å². The van der Waals surface area contributed by atoms with Crippen LogP contribution in [0.4, 0.5) is 5.82 Å². The summed E-state index contributed by atoms with van der Waals surface area (Å²) in [6.45, 7) is 2.19. The minimum absolute atomic E-state index is 0.00878. The summed E-state index contributed by atoms with van der Waals surface area (Å²) >= 11 is 0. The summed E-state index contributed by atoms with van der Waals surface area (Å²) in [6, 6.07) is 37.6. The molecule has 3 aliphatic heterocycles. The fourth-order valence-electron chi connectivity index (χ4n) is 8.21. The first kappa shape index (κ1) is 39.8. The molecule has 13 nitrogen and oxygen atoms in total. The molecule has 3 aliphatic rings. The maximum atomic E-state index is 13.6. The summed E-state index contributed by atoms with van der Waals surface area (Å²) in [6.07, 6.45) is 0.132. The molecule has 0 saturated carbocycles. The Morgan fingerprint density at radius 1 is 0.845 bits per heavy atom. The topological polar surface area (TPSA) is 132 Å². The number of nitrogens with one attached hydrogen (secondary N) is 1. The molecule has 7 atom stereocenters. The maximum Gasteiger partial charge on any atom is 0.351 e. The molecule has 1 N–H and O–H groups in total. The second-order valence-corrected chi connectivity index (χ2v) is 15.8. The smallest absolute Gasteiger partial charge is 0.351 e. The number of nitrogens with zero attached hydrogens (tertiary/aromatic N) is 3. The van der Waals surface area contributed by atoms with Crippen molar-refractivity contribution < 1.29 is 37.5 Å². The van der Waals surface area contributed by atoms with Crippen LogP contribution >= 0.6 is 8.53 Å². The molecule has 3 fully saturated rings. The van der Waals surface area contributed by atoms with Crippen LogP contribution in [0.5, 0.6) is 11.5 Å². The van der Waals surface area contributed by atoms with Crippen LogP contribution in [0.1, 0.15) is 54.4 Å². The van der Waals surface area contributed by atoms with Crippen LogP contribution in [-0.4, -0.2) is 79.0 Å². The summed E-state index contributed by atoms with van der Waals surface area (Å²) in [5.74, 6) is 1.20. The van der Waals surface area contributed by atoms with E-state index < -0.39 is 44.4 Å². The van der Waals surface area contributed by atoms with Crippen LogP contribution in [0.2, 0.25) is 0 Å². The minimum atomic E-state index is -1.57. The number of carbonyl (C=O) groups is 1. The second kappa shape index (κ2) is 17.5. The highest BCUT2D eigenvalue weighted by molar-refractivity contribution is 7.45. The first-order valence-electron chi connectivity index (χ1n) is 19.3. The fourth-order valence-corrected chi connectivity index (χ4v) is 10.2. The number of anilines is 1. The molecule has 4 heterocycles. The zero-order chi connectivity index (χ0) is 40.2. The third-order valence-corrected chi connectivity index (χ3v) is 12.7. The first-order valence-corrected chi connectivity index (χ1v) is 20.4. The molecular weight excluding hydrogens is 759 g/mol. The minimum Gasteiger partial charge on any atom is -0.497 e. The lowest BCUT2D eigenvalue weighted by Crippen LogP contribution is -2.41. The third-order valence-electron chi connectivity index (χ3n) is 11.0.